The molecule has 0 fully saturated rings. The predicted octanol–water partition coefficient (Wildman–Crippen LogP) is 4.24. The van der Waals surface area contributed by atoms with Crippen LogP contribution >= 0.6 is 11.3 Å². The monoisotopic (exact) mass is 405 g/mol. The minimum absolute atomic E-state index is 0.239. The van der Waals surface area contributed by atoms with E-state index in [1.54, 1.807) is 24.3 Å². The van der Waals surface area contributed by atoms with Crippen molar-refractivity contribution < 1.29 is 14.1 Å². The van der Waals surface area contributed by atoms with Crippen molar-refractivity contribution in [3.63, 3.8) is 0 Å². The number of nitrogens with zero attached hydrogens (tertiary/aromatic N) is 1. The number of hydrogen-bond donors (Lipinski definition) is 2. The normalized spacial score (nSPS) is 10.8. The predicted molar refractivity (Wildman–Crippen MR) is 111 cm³/mol. The zero-order valence-electron chi connectivity index (χ0n) is 15.8. The third kappa shape index (κ3) is 4.05. The average Bonchev–Trinajstić information content (AvgIpc) is 3.49. The summed E-state index contributed by atoms with van der Waals surface area (Å²) >= 11 is 1.66. The van der Waals surface area contributed by atoms with E-state index < -0.39 is 0 Å². The van der Waals surface area contributed by atoms with Crippen molar-refractivity contribution in [2.24, 2.45) is 0 Å². The van der Waals surface area contributed by atoms with Crippen molar-refractivity contribution in [1.29, 1.82) is 0 Å². The van der Waals surface area contributed by atoms with Gasteiger partial charge < -0.3 is 14.8 Å². The fourth-order valence-corrected chi connectivity index (χ4v) is 3.79. The molecule has 4 rings (SSSR count). The van der Waals surface area contributed by atoms with Gasteiger partial charge in [-0.05, 0) is 30.9 Å². The Kier molecular flexibility index (Phi) is 5.39. The molecule has 0 spiro atoms. The Balaban J connectivity index is 1.49. The first-order valence-electron chi connectivity index (χ1n) is 9.19. The van der Waals surface area contributed by atoms with Gasteiger partial charge in [-0.15, -0.1) is 11.3 Å². The van der Waals surface area contributed by atoms with Crippen LogP contribution in [0.3, 0.4) is 0 Å². The molecule has 0 aliphatic heterocycles. The maximum absolute atomic E-state index is 13.1. The van der Waals surface area contributed by atoms with Crippen LogP contribution in [-0.4, -0.2) is 28.4 Å². The van der Waals surface area contributed by atoms with Crippen molar-refractivity contribution >= 4 is 23.0 Å². The minimum Gasteiger partial charge on any atom is -0.360 e. The minimum atomic E-state index is -0.245. The summed E-state index contributed by atoms with van der Waals surface area (Å²) < 4.78 is 5.28. The van der Waals surface area contributed by atoms with E-state index >= 15 is 0 Å². The number of carbonyl (C=O) groups is 2. The van der Waals surface area contributed by atoms with Crippen LogP contribution in [0.5, 0.6) is 0 Å². The Morgan fingerprint density at radius 3 is 2.76 bits per heavy atom. The molecule has 0 saturated carbocycles. The second kappa shape index (κ2) is 8.28. The van der Waals surface area contributed by atoms with Gasteiger partial charge in [-0.1, -0.05) is 41.6 Å². The quantitative estimate of drug-likeness (QED) is 0.450. The molecule has 4 aromatic rings. The Morgan fingerprint density at radius 2 is 2.00 bits per heavy atom. The smallest absolute Gasteiger partial charge is 0.267 e. The number of ketones is 1. The van der Waals surface area contributed by atoms with E-state index in [9.17, 15) is 9.59 Å². The van der Waals surface area contributed by atoms with E-state index in [1.807, 2.05) is 47.8 Å². The standard InChI is InChI=1S/C22H19N3O3S/c1-14-19(20(25-28-14)15-6-3-2-4-7-15)21(26)16-12-18(24-13-16)22(27)23-10-9-17-8-5-11-29-17/h2-8,11-13,24H,9-10H2,1H3,(H,23,27). The first-order valence-corrected chi connectivity index (χ1v) is 10.1. The molecule has 0 saturated heterocycles. The van der Waals surface area contributed by atoms with Crippen molar-refractivity contribution in [3.8, 4) is 11.3 Å². The van der Waals surface area contributed by atoms with Crippen LogP contribution in [0.4, 0.5) is 0 Å². The maximum atomic E-state index is 13.1. The molecule has 0 aliphatic carbocycles. The molecule has 0 atom stereocenters. The number of nitrogens with one attached hydrogen (secondary N) is 2. The van der Waals surface area contributed by atoms with Gasteiger partial charge in [-0.25, -0.2) is 0 Å². The molecule has 0 unspecified atom stereocenters. The maximum Gasteiger partial charge on any atom is 0.267 e. The zero-order valence-corrected chi connectivity index (χ0v) is 16.6. The SMILES string of the molecule is Cc1onc(-c2ccccc2)c1C(=O)c1c[nH]c(C(=O)NCCc2cccs2)c1. The zero-order chi connectivity index (χ0) is 20.2. The summed E-state index contributed by atoms with van der Waals surface area (Å²) in [5.41, 5.74) is 2.43. The van der Waals surface area contributed by atoms with Gasteiger partial charge in [0.15, 0.2) is 5.78 Å². The number of aromatic nitrogens is 2. The van der Waals surface area contributed by atoms with Gasteiger partial charge >= 0.3 is 0 Å². The summed E-state index contributed by atoms with van der Waals surface area (Å²) in [6, 6.07) is 15.0. The fourth-order valence-electron chi connectivity index (χ4n) is 3.08. The second-order valence-electron chi connectivity index (χ2n) is 6.54. The highest BCUT2D eigenvalue weighted by Gasteiger charge is 2.24. The number of benzene rings is 1. The molecule has 6 nitrogen and oxygen atoms in total. The Morgan fingerprint density at radius 1 is 1.17 bits per heavy atom. The first-order chi connectivity index (χ1) is 14.1. The number of rotatable bonds is 7. The number of aryl methyl sites for hydroxylation is 1. The number of hydrogen-bond acceptors (Lipinski definition) is 5. The Hall–Kier alpha value is -3.45. The van der Waals surface area contributed by atoms with Crippen LogP contribution in [-0.2, 0) is 6.42 Å². The molecule has 7 heteroatoms. The van der Waals surface area contributed by atoms with Crippen molar-refractivity contribution in [2.75, 3.05) is 6.54 Å². The molecule has 146 valence electrons. The number of H-pyrrole nitrogens is 1. The molecule has 0 bridgehead atoms. The average molecular weight is 405 g/mol. The number of amides is 1. The Bertz CT molecular complexity index is 1130. The van der Waals surface area contributed by atoms with Crippen LogP contribution in [0.1, 0.15) is 37.0 Å². The number of thiophene rings is 1. The lowest BCUT2D eigenvalue weighted by atomic mass is 9.99. The molecule has 1 aromatic carbocycles. The summed E-state index contributed by atoms with van der Waals surface area (Å²) in [6.07, 6.45) is 2.31. The van der Waals surface area contributed by atoms with Crippen molar-refractivity contribution in [1.82, 2.24) is 15.5 Å². The Labute approximate surface area is 171 Å². The van der Waals surface area contributed by atoms with E-state index in [4.69, 9.17) is 4.52 Å². The van der Waals surface area contributed by atoms with Gasteiger partial charge in [0.05, 0.1) is 5.56 Å². The van der Waals surface area contributed by atoms with Crippen molar-refractivity contribution in [2.45, 2.75) is 13.3 Å². The third-order valence-corrected chi connectivity index (χ3v) is 5.50. The first kappa shape index (κ1) is 18.9. The van der Waals surface area contributed by atoms with Crippen LogP contribution in [0.15, 0.2) is 64.6 Å². The molecule has 3 heterocycles. The molecular weight excluding hydrogens is 386 g/mol. The van der Waals surface area contributed by atoms with E-state index in [0.717, 1.165) is 12.0 Å². The number of aromatic amines is 1. The van der Waals surface area contributed by atoms with E-state index in [1.165, 1.54) is 11.1 Å². The van der Waals surface area contributed by atoms with Crippen LogP contribution in [0.2, 0.25) is 0 Å². The molecule has 0 aliphatic rings. The third-order valence-electron chi connectivity index (χ3n) is 4.56. The summed E-state index contributed by atoms with van der Waals surface area (Å²) in [5, 5.41) is 8.93. The van der Waals surface area contributed by atoms with Gasteiger partial charge in [0.1, 0.15) is 17.1 Å². The summed E-state index contributed by atoms with van der Waals surface area (Å²) in [7, 11) is 0. The van der Waals surface area contributed by atoms with Gasteiger partial charge in [-0.2, -0.15) is 0 Å². The van der Waals surface area contributed by atoms with Crippen LogP contribution in [0, 0.1) is 6.92 Å². The molecule has 1 amide bonds. The van der Waals surface area contributed by atoms with E-state index in [-0.39, 0.29) is 11.7 Å². The molecular formula is C22H19N3O3S. The highest BCUT2D eigenvalue weighted by molar-refractivity contribution is 7.09. The summed E-state index contributed by atoms with van der Waals surface area (Å²) in [6.45, 7) is 2.24. The largest absolute Gasteiger partial charge is 0.360 e. The summed E-state index contributed by atoms with van der Waals surface area (Å²) in [5.74, 6) is -0.0422. The van der Waals surface area contributed by atoms with Crippen LogP contribution in [0.25, 0.3) is 11.3 Å². The molecule has 0 radical (unpaired) electrons. The van der Waals surface area contributed by atoms with Gasteiger partial charge in [-0.3, -0.25) is 9.59 Å². The van der Waals surface area contributed by atoms with Gasteiger partial charge in [0, 0.05) is 28.7 Å². The van der Waals surface area contributed by atoms with E-state index in [0.29, 0.717) is 34.8 Å². The van der Waals surface area contributed by atoms with Crippen LogP contribution < -0.4 is 5.32 Å². The molecule has 2 N–H and O–H groups in total. The van der Waals surface area contributed by atoms with Gasteiger partial charge in [0.2, 0.25) is 0 Å². The summed E-state index contributed by atoms with van der Waals surface area (Å²) in [4.78, 5) is 29.5. The fraction of sp³-hybridized carbons (Fsp3) is 0.136. The lowest BCUT2D eigenvalue weighted by Crippen LogP contribution is -2.25. The van der Waals surface area contributed by atoms with Crippen molar-refractivity contribution in [3.05, 3.63) is 87.6 Å². The van der Waals surface area contributed by atoms with Gasteiger partial charge in [0.25, 0.3) is 5.91 Å². The highest BCUT2D eigenvalue weighted by Crippen LogP contribution is 2.27. The lowest BCUT2D eigenvalue weighted by molar-refractivity contribution is 0.0949. The second-order valence-corrected chi connectivity index (χ2v) is 7.58. The lowest BCUT2D eigenvalue weighted by Gasteiger charge is -2.02. The molecule has 29 heavy (non-hydrogen) atoms. The number of carbonyl (C=O) groups excluding carboxylic acids is 2. The topological polar surface area (TPSA) is 88.0 Å². The van der Waals surface area contributed by atoms with E-state index in [2.05, 4.69) is 15.5 Å². The highest BCUT2D eigenvalue weighted by atomic mass is 32.1. The molecule has 3 aromatic heterocycles.